The molecule has 0 aliphatic rings. The Morgan fingerprint density at radius 3 is 0.833 bits per heavy atom. The van der Waals surface area contributed by atoms with Crippen molar-refractivity contribution in [2.24, 2.45) is 0 Å². The summed E-state index contributed by atoms with van der Waals surface area (Å²) < 4.78 is 0. The predicted molar refractivity (Wildman–Crippen MR) is 154 cm³/mol. The van der Waals surface area contributed by atoms with E-state index < -0.39 is 0 Å². The Labute approximate surface area is 221 Å². The number of carbonyl (C=O) groups excluding carboxylic acids is 2. The summed E-state index contributed by atoms with van der Waals surface area (Å²) in [6.07, 6.45) is 0. The fraction of sp³-hybridized carbons (Fsp3) is 0.0625. The van der Waals surface area contributed by atoms with Crippen molar-refractivity contribution in [3.8, 4) is 33.4 Å². The molecule has 36 heavy (non-hydrogen) atoms. The lowest BCUT2D eigenvalue weighted by atomic mass is 9.98. The van der Waals surface area contributed by atoms with E-state index in [1.807, 2.05) is 48.5 Å². The Balaban J connectivity index is 1.43. The highest BCUT2D eigenvalue weighted by molar-refractivity contribution is 8.14. The highest BCUT2D eigenvalue weighted by Crippen LogP contribution is 2.30. The first kappa shape index (κ1) is 25.5. The summed E-state index contributed by atoms with van der Waals surface area (Å²) in [5, 5.41) is -0.0200. The van der Waals surface area contributed by atoms with Gasteiger partial charge in [0.15, 0.2) is 0 Å². The maximum absolute atomic E-state index is 11.9. The summed E-state index contributed by atoms with van der Waals surface area (Å²) >= 11 is 2.40. The van der Waals surface area contributed by atoms with E-state index in [9.17, 15) is 9.59 Å². The molecule has 0 atom stereocenters. The molecule has 4 heteroatoms. The molecule has 4 aromatic rings. The zero-order valence-electron chi connectivity index (χ0n) is 20.3. The SMILES string of the molecule is C=C(C)C(=O)Sc1ccc(-c2ccc(-c3ccc(-c4ccc(SC(=O)C(=C)C)cc4)cc3)cc2)cc1. The van der Waals surface area contributed by atoms with Crippen LogP contribution in [0.3, 0.4) is 0 Å². The largest absolute Gasteiger partial charge is 0.282 e. The molecule has 0 aliphatic carbocycles. The van der Waals surface area contributed by atoms with Crippen LogP contribution >= 0.6 is 23.5 Å². The van der Waals surface area contributed by atoms with Crippen molar-refractivity contribution in [1.29, 1.82) is 0 Å². The molecule has 4 rings (SSSR count). The second-order valence-corrected chi connectivity index (χ2v) is 10.6. The van der Waals surface area contributed by atoms with Gasteiger partial charge in [0.1, 0.15) is 0 Å². The first-order valence-electron chi connectivity index (χ1n) is 11.5. The maximum Gasteiger partial charge on any atom is 0.219 e. The van der Waals surface area contributed by atoms with Crippen LogP contribution < -0.4 is 0 Å². The third-order valence-corrected chi connectivity index (χ3v) is 7.68. The zero-order valence-corrected chi connectivity index (χ0v) is 21.9. The van der Waals surface area contributed by atoms with Crippen LogP contribution in [0.2, 0.25) is 0 Å². The standard InChI is InChI=1S/C32H26O2S2/c1-21(2)31(33)35-29-17-13-27(14-18-29)25-9-5-23(6-10-25)24-7-11-26(12-8-24)28-15-19-30(20-16-28)36-32(34)22(3)4/h5-20H,1,3H2,2,4H3. The fourth-order valence-corrected chi connectivity index (χ4v) is 4.85. The normalized spacial score (nSPS) is 10.6. The molecule has 0 heterocycles. The molecule has 0 amide bonds. The third kappa shape index (κ3) is 6.34. The van der Waals surface area contributed by atoms with Crippen molar-refractivity contribution in [2.45, 2.75) is 23.6 Å². The average Bonchev–Trinajstić information content (AvgIpc) is 2.89. The Kier molecular flexibility index (Phi) is 8.09. The van der Waals surface area contributed by atoms with Gasteiger partial charge in [0.05, 0.1) is 0 Å². The summed E-state index contributed by atoms with van der Waals surface area (Å²) in [4.78, 5) is 25.5. The molecular formula is C32H26O2S2. The van der Waals surface area contributed by atoms with Crippen LogP contribution in [0.5, 0.6) is 0 Å². The minimum Gasteiger partial charge on any atom is -0.282 e. The van der Waals surface area contributed by atoms with Crippen molar-refractivity contribution in [3.05, 3.63) is 121 Å². The van der Waals surface area contributed by atoms with Crippen LogP contribution in [0.25, 0.3) is 33.4 Å². The number of hydrogen-bond acceptors (Lipinski definition) is 4. The van der Waals surface area contributed by atoms with Crippen LogP contribution in [0, 0.1) is 0 Å². The zero-order chi connectivity index (χ0) is 25.7. The number of rotatable bonds is 7. The van der Waals surface area contributed by atoms with Gasteiger partial charge in [-0.1, -0.05) is 86.0 Å². The highest BCUT2D eigenvalue weighted by Gasteiger charge is 2.08. The van der Waals surface area contributed by atoms with Gasteiger partial charge in [-0.3, -0.25) is 9.59 Å². The van der Waals surface area contributed by atoms with Gasteiger partial charge < -0.3 is 0 Å². The van der Waals surface area contributed by atoms with Crippen molar-refractivity contribution in [1.82, 2.24) is 0 Å². The van der Waals surface area contributed by atoms with Crippen molar-refractivity contribution < 1.29 is 9.59 Å². The van der Waals surface area contributed by atoms with Crippen LogP contribution in [0.4, 0.5) is 0 Å². The maximum atomic E-state index is 11.9. The van der Waals surface area contributed by atoms with Crippen LogP contribution in [-0.2, 0) is 9.59 Å². The molecule has 0 bridgehead atoms. The van der Waals surface area contributed by atoms with Crippen molar-refractivity contribution in [3.63, 3.8) is 0 Å². The van der Waals surface area contributed by atoms with Crippen LogP contribution in [-0.4, -0.2) is 10.2 Å². The lowest BCUT2D eigenvalue weighted by molar-refractivity contribution is -0.108. The Morgan fingerprint density at radius 2 is 0.639 bits per heavy atom. The van der Waals surface area contributed by atoms with E-state index in [-0.39, 0.29) is 10.2 Å². The summed E-state index contributed by atoms with van der Waals surface area (Å²) in [6, 6.07) is 33.0. The average molecular weight is 507 g/mol. The third-order valence-electron chi connectivity index (χ3n) is 5.60. The Morgan fingerprint density at radius 1 is 0.444 bits per heavy atom. The van der Waals surface area contributed by atoms with Gasteiger partial charge in [0.2, 0.25) is 10.2 Å². The second-order valence-electron chi connectivity index (χ2n) is 8.54. The molecule has 0 unspecified atom stereocenters. The minimum absolute atomic E-state index is 0.00998. The van der Waals surface area contributed by atoms with E-state index >= 15 is 0 Å². The molecule has 0 N–H and O–H groups in total. The molecule has 178 valence electrons. The van der Waals surface area contributed by atoms with Crippen LogP contribution in [0.1, 0.15) is 13.8 Å². The van der Waals surface area contributed by atoms with Gasteiger partial charge in [-0.15, -0.1) is 0 Å². The summed E-state index contributed by atoms with van der Waals surface area (Å²) in [5.74, 6) is 0. The lowest BCUT2D eigenvalue weighted by Gasteiger charge is -2.08. The first-order valence-corrected chi connectivity index (χ1v) is 13.1. The molecule has 0 saturated carbocycles. The van der Waals surface area contributed by atoms with Gasteiger partial charge in [-0.05, 0) is 106 Å². The molecule has 0 fully saturated rings. The minimum atomic E-state index is -0.00998. The van der Waals surface area contributed by atoms with Gasteiger partial charge in [-0.2, -0.15) is 0 Å². The van der Waals surface area contributed by atoms with E-state index in [4.69, 9.17) is 0 Å². The monoisotopic (exact) mass is 506 g/mol. The summed E-state index contributed by atoms with van der Waals surface area (Å²) in [6.45, 7) is 10.9. The number of benzene rings is 4. The van der Waals surface area contributed by atoms with E-state index in [1.54, 1.807) is 13.8 Å². The molecule has 2 nitrogen and oxygen atoms in total. The Bertz CT molecular complexity index is 1300. The lowest BCUT2D eigenvalue weighted by Crippen LogP contribution is -1.90. The molecule has 0 spiro atoms. The quantitative estimate of drug-likeness (QED) is 0.185. The van der Waals surface area contributed by atoms with E-state index in [0.717, 1.165) is 43.2 Å². The van der Waals surface area contributed by atoms with Gasteiger partial charge >= 0.3 is 0 Å². The van der Waals surface area contributed by atoms with Gasteiger partial charge in [0.25, 0.3) is 0 Å². The molecular weight excluding hydrogens is 480 g/mol. The first-order chi connectivity index (χ1) is 17.3. The van der Waals surface area contributed by atoms with Crippen molar-refractivity contribution in [2.75, 3.05) is 0 Å². The van der Waals surface area contributed by atoms with Crippen LogP contribution in [0.15, 0.2) is 131 Å². The molecule has 4 aromatic carbocycles. The smallest absolute Gasteiger partial charge is 0.219 e. The molecule has 0 saturated heterocycles. The van der Waals surface area contributed by atoms with Gasteiger partial charge in [0, 0.05) is 9.79 Å². The molecule has 0 radical (unpaired) electrons. The van der Waals surface area contributed by atoms with E-state index in [2.05, 4.69) is 61.7 Å². The number of hydrogen-bond donors (Lipinski definition) is 0. The topological polar surface area (TPSA) is 34.1 Å². The molecule has 0 aromatic heterocycles. The summed E-state index contributed by atoms with van der Waals surface area (Å²) in [7, 11) is 0. The predicted octanol–water partition coefficient (Wildman–Crippen LogP) is 9.08. The fourth-order valence-electron chi connectivity index (χ4n) is 3.53. The Hall–Kier alpha value is -3.60. The molecule has 0 aliphatic heterocycles. The van der Waals surface area contributed by atoms with E-state index in [0.29, 0.717) is 11.1 Å². The number of thioether (sulfide) groups is 2. The summed E-state index contributed by atoms with van der Waals surface area (Å²) in [5.41, 5.74) is 7.87. The van der Waals surface area contributed by atoms with Gasteiger partial charge in [-0.25, -0.2) is 0 Å². The van der Waals surface area contributed by atoms with E-state index in [1.165, 1.54) is 23.5 Å². The second kappa shape index (κ2) is 11.4. The van der Waals surface area contributed by atoms with Crippen molar-refractivity contribution >= 4 is 33.8 Å². The number of carbonyl (C=O) groups is 2. The highest BCUT2D eigenvalue weighted by atomic mass is 32.2.